The number of halogens is 3. The van der Waals surface area contributed by atoms with Gasteiger partial charge in [-0.3, -0.25) is 4.74 Å². The number of nitrogens with zero attached hydrogens (tertiary/aromatic N) is 1. The van der Waals surface area contributed by atoms with Crippen LogP contribution in [-0.4, -0.2) is 31.2 Å². The van der Waals surface area contributed by atoms with Gasteiger partial charge in [-0.05, 0) is 12.5 Å². The zero-order chi connectivity index (χ0) is 13.2. The Hall–Kier alpha value is -1.27. The number of hydrogen-bond acceptors (Lipinski definition) is 3. The van der Waals surface area contributed by atoms with Gasteiger partial charge in [0.1, 0.15) is 0 Å². The molecule has 0 radical (unpaired) electrons. The van der Waals surface area contributed by atoms with Crippen molar-refractivity contribution in [3.63, 3.8) is 0 Å². The fourth-order valence-electron chi connectivity index (χ4n) is 2.12. The minimum Gasteiger partial charge on any atom is -0.388 e. The minimum absolute atomic E-state index is 0.156. The fourth-order valence-corrected chi connectivity index (χ4v) is 2.12. The molecule has 0 aromatic heterocycles. The van der Waals surface area contributed by atoms with Crippen molar-refractivity contribution < 1.29 is 23.0 Å². The maximum absolute atomic E-state index is 11.9. The molecule has 1 heterocycles. The number of alkyl halides is 3. The van der Waals surface area contributed by atoms with Gasteiger partial charge in [-0.1, -0.05) is 18.2 Å². The van der Waals surface area contributed by atoms with Crippen molar-refractivity contribution in [2.45, 2.75) is 18.9 Å². The minimum atomic E-state index is -4.59. The molecule has 0 bridgehead atoms. The van der Waals surface area contributed by atoms with Crippen LogP contribution in [0.2, 0.25) is 0 Å². The second-order valence-electron chi connectivity index (χ2n) is 4.14. The molecule has 1 aliphatic heterocycles. The first-order valence-corrected chi connectivity index (χ1v) is 5.70. The summed E-state index contributed by atoms with van der Waals surface area (Å²) in [4.78, 5) is 1.80. The van der Waals surface area contributed by atoms with Crippen LogP contribution in [0.15, 0.2) is 24.3 Å². The van der Waals surface area contributed by atoms with Crippen LogP contribution in [0.5, 0.6) is 0 Å². The molecule has 0 aliphatic carbocycles. The summed E-state index contributed by atoms with van der Waals surface area (Å²) < 4.78 is 39.4. The Balaban J connectivity index is 2.01. The van der Waals surface area contributed by atoms with Crippen LogP contribution < -0.4 is 4.90 Å². The molecule has 100 valence electrons. The summed E-state index contributed by atoms with van der Waals surface area (Å²) in [5, 5.41) is 9.80. The first-order valence-electron chi connectivity index (χ1n) is 5.70. The summed E-state index contributed by atoms with van der Waals surface area (Å²) in [6.07, 6.45) is -4.61. The summed E-state index contributed by atoms with van der Waals surface area (Å²) in [6.45, 7) is 0.274. The number of aliphatic hydroxyl groups is 1. The molecular formula is C12H14F3NO2. The summed E-state index contributed by atoms with van der Waals surface area (Å²) in [5.41, 5.74) is 1.54. The molecular weight excluding hydrogens is 247 g/mol. The highest BCUT2D eigenvalue weighted by Crippen LogP contribution is 2.33. The molecule has 1 unspecified atom stereocenters. The predicted molar refractivity (Wildman–Crippen MR) is 60.2 cm³/mol. The standard InChI is InChI=1S/C12H14F3NO2/c13-12(14,15)18-8-7-16-6-5-11(17)9-3-1-2-4-10(9)16/h1-4,11,17H,5-8H2. The number of anilines is 1. The predicted octanol–water partition coefficient (Wildman–Crippen LogP) is 2.47. The first-order chi connectivity index (χ1) is 8.47. The zero-order valence-electron chi connectivity index (χ0n) is 9.65. The molecule has 18 heavy (non-hydrogen) atoms. The second-order valence-corrected chi connectivity index (χ2v) is 4.14. The average molecular weight is 261 g/mol. The van der Waals surface area contributed by atoms with E-state index in [9.17, 15) is 18.3 Å². The normalized spacial score (nSPS) is 19.8. The lowest BCUT2D eigenvalue weighted by Crippen LogP contribution is -2.35. The molecule has 3 nitrogen and oxygen atoms in total. The summed E-state index contributed by atoms with van der Waals surface area (Å²) >= 11 is 0. The first kappa shape index (κ1) is 13.2. The van der Waals surface area contributed by atoms with Gasteiger partial charge in [0.05, 0.1) is 12.7 Å². The van der Waals surface area contributed by atoms with E-state index < -0.39 is 19.1 Å². The summed E-state index contributed by atoms with van der Waals surface area (Å²) in [6, 6.07) is 7.19. The Labute approximate surface area is 103 Å². The maximum atomic E-state index is 11.9. The third-order valence-electron chi connectivity index (χ3n) is 2.94. The van der Waals surface area contributed by atoms with E-state index in [1.54, 1.807) is 29.2 Å². The number of rotatable bonds is 3. The molecule has 1 N–H and O–H groups in total. The van der Waals surface area contributed by atoms with Gasteiger partial charge in [0, 0.05) is 24.3 Å². The van der Waals surface area contributed by atoms with Crippen LogP contribution in [0.1, 0.15) is 18.1 Å². The largest absolute Gasteiger partial charge is 0.522 e. The van der Waals surface area contributed by atoms with Gasteiger partial charge in [-0.2, -0.15) is 0 Å². The Bertz CT molecular complexity index is 409. The SMILES string of the molecule is OC1CCN(CCOC(F)(F)F)c2ccccc21. The van der Waals surface area contributed by atoms with Gasteiger partial charge < -0.3 is 10.0 Å². The highest BCUT2D eigenvalue weighted by Gasteiger charge is 2.30. The van der Waals surface area contributed by atoms with Crippen molar-refractivity contribution in [1.29, 1.82) is 0 Å². The van der Waals surface area contributed by atoms with E-state index in [-0.39, 0.29) is 6.54 Å². The lowest BCUT2D eigenvalue weighted by atomic mass is 9.99. The molecule has 1 aliphatic rings. The van der Waals surface area contributed by atoms with Crippen molar-refractivity contribution in [3.05, 3.63) is 29.8 Å². The Morgan fingerprint density at radius 2 is 2.06 bits per heavy atom. The van der Waals surface area contributed by atoms with E-state index in [4.69, 9.17) is 0 Å². The molecule has 0 amide bonds. The van der Waals surface area contributed by atoms with E-state index in [0.29, 0.717) is 13.0 Å². The van der Waals surface area contributed by atoms with E-state index in [1.807, 2.05) is 0 Å². The van der Waals surface area contributed by atoms with Gasteiger partial charge in [0.15, 0.2) is 0 Å². The summed E-state index contributed by atoms with van der Waals surface area (Å²) in [7, 11) is 0. The van der Waals surface area contributed by atoms with Crippen molar-refractivity contribution in [2.75, 3.05) is 24.6 Å². The van der Waals surface area contributed by atoms with Crippen molar-refractivity contribution >= 4 is 5.69 Å². The number of aliphatic hydroxyl groups excluding tert-OH is 1. The molecule has 1 aromatic rings. The van der Waals surface area contributed by atoms with Crippen LogP contribution in [-0.2, 0) is 4.74 Å². The lowest BCUT2D eigenvalue weighted by Gasteiger charge is -2.33. The molecule has 0 fully saturated rings. The van der Waals surface area contributed by atoms with Gasteiger partial charge >= 0.3 is 6.36 Å². The third-order valence-corrected chi connectivity index (χ3v) is 2.94. The topological polar surface area (TPSA) is 32.7 Å². The highest BCUT2D eigenvalue weighted by atomic mass is 19.4. The maximum Gasteiger partial charge on any atom is 0.522 e. The Kier molecular flexibility index (Phi) is 3.77. The molecule has 0 saturated heterocycles. The number of benzene rings is 1. The Morgan fingerprint density at radius 3 is 2.78 bits per heavy atom. The third kappa shape index (κ3) is 3.14. The van der Waals surface area contributed by atoms with Crippen LogP contribution in [0.25, 0.3) is 0 Å². The molecule has 1 atom stereocenters. The van der Waals surface area contributed by atoms with Crippen LogP contribution >= 0.6 is 0 Å². The van der Waals surface area contributed by atoms with Crippen molar-refractivity contribution in [2.24, 2.45) is 0 Å². The molecule has 1 aromatic carbocycles. The fraction of sp³-hybridized carbons (Fsp3) is 0.500. The number of fused-ring (bicyclic) bond motifs is 1. The van der Waals surface area contributed by atoms with E-state index in [1.165, 1.54) is 0 Å². The monoisotopic (exact) mass is 261 g/mol. The second kappa shape index (κ2) is 5.16. The van der Waals surface area contributed by atoms with Gasteiger partial charge in [0.2, 0.25) is 0 Å². The van der Waals surface area contributed by atoms with Gasteiger partial charge in [0.25, 0.3) is 0 Å². The van der Waals surface area contributed by atoms with E-state index in [2.05, 4.69) is 4.74 Å². The van der Waals surface area contributed by atoms with Gasteiger partial charge in [-0.15, -0.1) is 13.2 Å². The highest BCUT2D eigenvalue weighted by molar-refractivity contribution is 5.56. The summed E-state index contributed by atoms with van der Waals surface area (Å²) in [5.74, 6) is 0. The molecule has 0 saturated carbocycles. The van der Waals surface area contributed by atoms with Crippen LogP contribution in [0.3, 0.4) is 0 Å². The lowest BCUT2D eigenvalue weighted by molar-refractivity contribution is -0.323. The smallest absolute Gasteiger partial charge is 0.388 e. The quantitative estimate of drug-likeness (QED) is 0.907. The van der Waals surface area contributed by atoms with Crippen LogP contribution in [0.4, 0.5) is 18.9 Å². The Morgan fingerprint density at radius 1 is 1.33 bits per heavy atom. The van der Waals surface area contributed by atoms with Crippen LogP contribution in [0, 0.1) is 0 Å². The van der Waals surface area contributed by atoms with E-state index >= 15 is 0 Å². The molecule has 0 spiro atoms. The number of para-hydroxylation sites is 1. The average Bonchev–Trinajstić information content (AvgIpc) is 2.31. The molecule has 2 rings (SSSR count). The van der Waals surface area contributed by atoms with E-state index in [0.717, 1.165) is 11.3 Å². The molecule has 6 heteroatoms. The van der Waals surface area contributed by atoms with Crippen molar-refractivity contribution in [3.8, 4) is 0 Å². The van der Waals surface area contributed by atoms with Crippen molar-refractivity contribution in [1.82, 2.24) is 0 Å². The zero-order valence-corrected chi connectivity index (χ0v) is 9.65. The number of hydrogen-bond donors (Lipinski definition) is 1. The number of ether oxygens (including phenoxy) is 1. The van der Waals surface area contributed by atoms with Gasteiger partial charge in [-0.25, -0.2) is 0 Å².